The normalized spacial score (nSPS) is 43.9. The monoisotopic (exact) mass is 285 g/mol. The van der Waals surface area contributed by atoms with E-state index < -0.39 is 29.8 Å². The van der Waals surface area contributed by atoms with Crippen molar-refractivity contribution < 1.29 is 20.1 Å². The van der Waals surface area contributed by atoms with Crippen molar-refractivity contribution in [2.45, 2.75) is 69.5 Å². The van der Waals surface area contributed by atoms with E-state index in [2.05, 4.69) is 16.9 Å². The predicted octanol–water partition coefficient (Wildman–Crippen LogP) is 1.12. The van der Waals surface area contributed by atoms with Gasteiger partial charge in [-0.15, -0.1) is 0 Å². The van der Waals surface area contributed by atoms with Crippen molar-refractivity contribution >= 4 is 0 Å². The molecule has 114 valence electrons. The third-order valence-corrected chi connectivity index (χ3v) is 4.67. The highest BCUT2D eigenvalue weighted by molar-refractivity contribution is 5.10. The standard InChI is InChI=1S/C13H23N3O4/c1-2-3-4-8-6-13(7-17)11(19)9(15-16-14)5-10(18)12(13)20-8/h8-12,17-19H,2-7H2,1H3/t8-,9+,10+,11-,12-,13-/m0/s1. The Labute approximate surface area is 118 Å². The first-order valence-electron chi connectivity index (χ1n) is 7.25. The first-order valence-corrected chi connectivity index (χ1v) is 7.25. The van der Waals surface area contributed by atoms with Crippen LogP contribution in [0.25, 0.3) is 10.4 Å². The van der Waals surface area contributed by atoms with Crippen molar-refractivity contribution in [2.75, 3.05) is 6.61 Å². The highest BCUT2D eigenvalue weighted by Crippen LogP contribution is 2.49. The Kier molecular flexibility index (Phi) is 4.88. The van der Waals surface area contributed by atoms with Crippen LogP contribution in [0.15, 0.2) is 5.11 Å². The van der Waals surface area contributed by atoms with Gasteiger partial charge in [-0.1, -0.05) is 24.9 Å². The zero-order chi connectivity index (χ0) is 14.8. The number of azide groups is 1. The first-order chi connectivity index (χ1) is 9.58. The molecule has 0 aromatic carbocycles. The van der Waals surface area contributed by atoms with Gasteiger partial charge in [0.15, 0.2) is 0 Å². The number of hydrogen-bond acceptors (Lipinski definition) is 5. The molecule has 0 bridgehead atoms. The van der Waals surface area contributed by atoms with Crippen molar-refractivity contribution in [1.29, 1.82) is 0 Å². The van der Waals surface area contributed by atoms with E-state index in [4.69, 9.17) is 10.3 Å². The number of ether oxygens (including phenoxy) is 1. The molecule has 20 heavy (non-hydrogen) atoms. The lowest BCUT2D eigenvalue weighted by Gasteiger charge is -2.45. The third-order valence-electron chi connectivity index (χ3n) is 4.67. The molecule has 1 aliphatic carbocycles. The van der Waals surface area contributed by atoms with Crippen molar-refractivity contribution in [3.63, 3.8) is 0 Å². The molecule has 6 atom stereocenters. The topological polar surface area (TPSA) is 119 Å². The average molecular weight is 285 g/mol. The van der Waals surface area contributed by atoms with Crippen molar-refractivity contribution in [3.05, 3.63) is 10.4 Å². The highest BCUT2D eigenvalue weighted by Gasteiger charge is 2.60. The predicted molar refractivity (Wildman–Crippen MR) is 71.9 cm³/mol. The van der Waals surface area contributed by atoms with Crippen molar-refractivity contribution in [2.24, 2.45) is 10.5 Å². The second-order valence-electron chi connectivity index (χ2n) is 5.94. The average Bonchev–Trinajstić information content (AvgIpc) is 2.83. The van der Waals surface area contributed by atoms with Crippen LogP contribution in [0.4, 0.5) is 0 Å². The van der Waals surface area contributed by atoms with E-state index in [-0.39, 0.29) is 19.1 Å². The van der Waals surface area contributed by atoms with Gasteiger partial charge in [-0.05, 0) is 24.8 Å². The van der Waals surface area contributed by atoms with Gasteiger partial charge in [0, 0.05) is 4.91 Å². The van der Waals surface area contributed by atoms with E-state index >= 15 is 0 Å². The Morgan fingerprint density at radius 3 is 2.80 bits per heavy atom. The van der Waals surface area contributed by atoms with Crippen LogP contribution in [-0.4, -0.2) is 52.4 Å². The second-order valence-corrected chi connectivity index (χ2v) is 5.94. The first kappa shape index (κ1) is 15.5. The van der Waals surface area contributed by atoms with Gasteiger partial charge in [-0.25, -0.2) is 0 Å². The molecule has 1 heterocycles. The lowest BCUT2D eigenvalue weighted by atomic mass is 9.66. The molecular formula is C13H23N3O4. The zero-order valence-corrected chi connectivity index (χ0v) is 11.7. The minimum atomic E-state index is -0.983. The molecule has 1 saturated heterocycles. The summed E-state index contributed by atoms with van der Waals surface area (Å²) in [5.41, 5.74) is 7.64. The van der Waals surface area contributed by atoms with Gasteiger partial charge in [0.25, 0.3) is 0 Å². The summed E-state index contributed by atoms with van der Waals surface area (Å²) in [6.45, 7) is 1.81. The number of rotatable bonds is 5. The lowest BCUT2D eigenvalue weighted by molar-refractivity contribution is -0.157. The molecule has 0 radical (unpaired) electrons. The largest absolute Gasteiger partial charge is 0.396 e. The minimum absolute atomic E-state index is 0.0683. The van der Waals surface area contributed by atoms with Crippen LogP contribution < -0.4 is 0 Å². The number of hydrogen-bond donors (Lipinski definition) is 3. The number of fused-ring (bicyclic) bond motifs is 1. The van der Waals surface area contributed by atoms with Gasteiger partial charge in [0.1, 0.15) is 0 Å². The molecule has 7 heteroatoms. The maximum absolute atomic E-state index is 10.5. The lowest BCUT2D eigenvalue weighted by Crippen LogP contribution is -2.59. The van der Waals surface area contributed by atoms with Crippen LogP contribution in [0.3, 0.4) is 0 Å². The Morgan fingerprint density at radius 1 is 1.45 bits per heavy atom. The molecule has 7 nitrogen and oxygen atoms in total. The molecule has 2 fully saturated rings. The van der Waals surface area contributed by atoms with Crippen LogP contribution in [0.1, 0.15) is 39.0 Å². The van der Waals surface area contributed by atoms with E-state index in [9.17, 15) is 15.3 Å². The van der Waals surface area contributed by atoms with E-state index in [0.29, 0.717) is 6.42 Å². The fourth-order valence-corrected chi connectivity index (χ4v) is 3.60. The Hall–Kier alpha value is -0.850. The number of aliphatic hydroxyl groups excluding tert-OH is 3. The summed E-state index contributed by atoms with van der Waals surface area (Å²) in [4.78, 5) is 2.72. The second kappa shape index (κ2) is 6.28. The van der Waals surface area contributed by atoms with Gasteiger partial charge in [-0.2, -0.15) is 0 Å². The Balaban J connectivity index is 2.21. The van der Waals surface area contributed by atoms with Crippen molar-refractivity contribution in [3.8, 4) is 0 Å². The van der Waals surface area contributed by atoms with Gasteiger partial charge in [0.05, 0.1) is 42.5 Å². The van der Waals surface area contributed by atoms with Crippen LogP contribution in [0, 0.1) is 5.41 Å². The summed E-state index contributed by atoms with van der Waals surface area (Å²) in [5.74, 6) is 0. The summed E-state index contributed by atoms with van der Waals surface area (Å²) < 4.78 is 5.87. The molecule has 1 saturated carbocycles. The number of unbranched alkanes of at least 4 members (excludes halogenated alkanes) is 1. The van der Waals surface area contributed by atoms with Crippen LogP contribution in [-0.2, 0) is 4.74 Å². The van der Waals surface area contributed by atoms with E-state index in [1.54, 1.807) is 0 Å². The molecule has 2 rings (SSSR count). The smallest absolute Gasteiger partial charge is 0.0941 e. The van der Waals surface area contributed by atoms with Crippen molar-refractivity contribution in [1.82, 2.24) is 0 Å². The van der Waals surface area contributed by atoms with E-state index in [1.165, 1.54) is 0 Å². The molecule has 0 aromatic rings. The number of nitrogens with zero attached hydrogens (tertiary/aromatic N) is 3. The summed E-state index contributed by atoms with van der Waals surface area (Å²) in [5, 5.41) is 34.0. The fraction of sp³-hybridized carbons (Fsp3) is 1.00. The third kappa shape index (κ3) is 2.52. The Morgan fingerprint density at radius 2 is 2.20 bits per heavy atom. The maximum Gasteiger partial charge on any atom is 0.0941 e. The van der Waals surface area contributed by atoms with E-state index in [1.807, 2.05) is 0 Å². The summed E-state index contributed by atoms with van der Waals surface area (Å²) in [6.07, 6.45) is 1.09. The summed E-state index contributed by atoms with van der Waals surface area (Å²) >= 11 is 0. The number of aliphatic hydroxyl groups is 3. The minimum Gasteiger partial charge on any atom is -0.396 e. The zero-order valence-electron chi connectivity index (χ0n) is 11.7. The molecule has 0 unspecified atom stereocenters. The van der Waals surface area contributed by atoms with Crippen LogP contribution >= 0.6 is 0 Å². The highest BCUT2D eigenvalue weighted by atomic mass is 16.5. The van der Waals surface area contributed by atoms with E-state index in [0.717, 1.165) is 19.3 Å². The van der Waals surface area contributed by atoms with Gasteiger partial charge in [-0.3, -0.25) is 0 Å². The molecular weight excluding hydrogens is 262 g/mol. The van der Waals surface area contributed by atoms with Crippen LogP contribution in [0.5, 0.6) is 0 Å². The van der Waals surface area contributed by atoms with Gasteiger partial charge < -0.3 is 20.1 Å². The summed E-state index contributed by atoms with van der Waals surface area (Å²) in [7, 11) is 0. The van der Waals surface area contributed by atoms with Gasteiger partial charge >= 0.3 is 0 Å². The molecule has 3 N–H and O–H groups in total. The molecule has 1 aliphatic heterocycles. The summed E-state index contributed by atoms with van der Waals surface area (Å²) in [6, 6.07) is -0.716. The van der Waals surface area contributed by atoms with Crippen LogP contribution in [0.2, 0.25) is 0 Å². The molecule has 0 aromatic heterocycles. The molecule has 0 spiro atoms. The molecule has 2 aliphatic rings. The fourth-order valence-electron chi connectivity index (χ4n) is 3.60. The van der Waals surface area contributed by atoms with Gasteiger partial charge in [0.2, 0.25) is 0 Å². The maximum atomic E-state index is 10.5. The SMILES string of the molecule is CCCC[C@H]1C[C@]2(CO)[C@@H](O)[C@H](N=[N+]=[N-])C[C@@H](O)[C@@H]2O1. The molecule has 0 amide bonds. The quantitative estimate of drug-likeness (QED) is 0.398. The Bertz CT molecular complexity index is 388.